The number of allylic oxidation sites excluding steroid dienone is 8. The molecule has 0 bridgehead atoms. The third-order valence-corrected chi connectivity index (χ3v) is 10.2. The molecule has 132 valence electrons. The second kappa shape index (κ2) is 10.1. The van der Waals surface area contributed by atoms with Crippen molar-refractivity contribution in [1.29, 1.82) is 0 Å². The summed E-state index contributed by atoms with van der Waals surface area (Å²) in [4.78, 5) is 0. The topological polar surface area (TPSA) is 0 Å². The van der Waals surface area contributed by atoms with Crippen LogP contribution in [0.4, 0.5) is 0 Å². The largest absolute Gasteiger partial charge is 4.00 e. The van der Waals surface area contributed by atoms with Gasteiger partial charge in [0.1, 0.15) is 0 Å². The van der Waals surface area contributed by atoms with Crippen LogP contribution in [0, 0.1) is 17.6 Å². The van der Waals surface area contributed by atoms with Gasteiger partial charge >= 0.3 is 25.8 Å². The molecule has 0 saturated carbocycles. The van der Waals surface area contributed by atoms with Gasteiger partial charge in [0.05, 0.1) is 0 Å². The standard InChI is InChI=1S/C10H15Si.C10H15.2ClH.Hf/c1-9-4-5-10(8-9)11(2)6-3-7-11;1-7-6-10(4,5)9(3)8(7)2;;;/h5H,3-4,6-7H2,1-2H3;1-5H3;2*1H;/q2*-1;;;+4/p-2. The van der Waals surface area contributed by atoms with Crippen LogP contribution in [-0.4, -0.2) is 8.07 Å². The first-order valence-electron chi connectivity index (χ1n) is 8.26. The van der Waals surface area contributed by atoms with Crippen LogP contribution in [0.3, 0.4) is 0 Å². The van der Waals surface area contributed by atoms with Crippen LogP contribution in [0.1, 0.15) is 54.4 Å². The van der Waals surface area contributed by atoms with Gasteiger partial charge < -0.3 is 24.8 Å². The molecule has 0 aromatic rings. The summed E-state index contributed by atoms with van der Waals surface area (Å²) in [7, 11) is -0.876. The number of rotatable bonds is 1. The molecular formula is C20H30Cl2HfSi. The first kappa shape index (κ1) is 26.9. The van der Waals surface area contributed by atoms with Crippen molar-refractivity contribution in [1.82, 2.24) is 0 Å². The smallest absolute Gasteiger partial charge is 1.00 e. The first-order valence-corrected chi connectivity index (χ1v) is 11.2. The molecule has 3 aliphatic rings. The van der Waals surface area contributed by atoms with Crippen LogP contribution < -0.4 is 24.8 Å². The van der Waals surface area contributed by atoms with E-state index < -0.39 is 8.07 Å². The molecule has 0 unspecified atom stereocenters. The Morgan fingerprint density at radius 1 is 1.04 bits per heavy atom. The molecule has 1 saturated heterocycles. The number of halogens is 2. The molecule has 0 atom stereocenters. The quantitative estimate of drug-likeness (QED) is 0.325. The molecule has 0 radical (unpaired) electrons. The fraction of sp³-hybridized carbons (Fsp3) is 0.600. The van der Waals surface area contributed by atoms with Crippen molar-refractivity contribution in [2.45, 2.75) is 73.0 Å². The summed E-state index contributed by atoms with van der Waals surface area (Å²) in [5, 5.41) is 1.63. The van der Waals surface area contributed by atoms with Crippen molar-refractivity contribution in [3.63, 3.8) is 0 Å². The van der Waals surface area contributed by atoms with Crippen molar-refractivity contribution >= 4 is 8.07 Å². The van der Waals surface area contributed by atoms with E-state index in [2.05, 4.69) is 66.3 Å². The molecule has 4 heteroatoms. The predicted molar refractivity (Wildman–Crippen MR) is 95.6 cm³/mol. The zero-order valence-electron chi connectivity index (χ0n) is 16.2. The number of hydrogen-bond donors (Lipinski definition) is 0. The molecule has 1 fully saturated rings. The summed E-state index contributed by atoms with van der Waals surface area (Å²) in [6.07, 6.45) is 12.0. The van der Waals surface area contributed by atoms with E-state index in [4.69, 9.17) is 0 Å². The van der Waals surface area contributed by atoms with Gasteiger partial charge in [0.15, 0.2) is 0 Å². The van der Waals surface area contributed by atoms with E-state index in [-0.39, 0.29) is 56.1 Å². The second-order valence-electron chi connectivity index (χ2n) is 7.77. The van der Waals surface area contributed by atoms with Crippen LogP contribution in [-0.2, 0) is 25.8 Å². The van der Waals surface area contributed by atoms with Gasteiger partial charge in [0.25, 0.3) is 0 Å². The Kier molecular flexibility index (Phi) is 11.3. The maximum Gasteiger partial charge on any atom is 4.00 e. The van der Waals surface area contributed by atoms with Crippen LogP contribution in [0.2, 0.25) is 18.6 Å². The third kappa shape index (κ3) is 5.82. The third-order valence-electron chi connectivity index (χ3n) is 5.63. The van der Waals surface area contributed by atoms with Crippen molar-refractivity contribution in [3.8, 4) is 0 Å². The number of hydrogen-bond acceptors (Lipinski definition) is 0. The van der Waals surface area contributed by atoms with E-state index >= 15 is 0 Å². The van der Waals surface area contributed by atoms with Gasteiger partial charge in [-0.15, -0.1) is 6.92 Å². The fourth-order valence-corrected chi connectivity index (χ4v) is 6.43. The molecule has 0 aromatic carbocycles. The van der Waals surface area contributed by atoms with Gasteiger partial charge in [-0.3, -0.25) is 12.2 Å². The van der Waals surface area contributed by atoms with Crippen LogP contribution in [0.25, 0.3) is 0 Å². The van der Waals surface area contributed by atoms with Gasteiger partial charge in [-0.1, -0.05) is 71.5 Å². The molecule has 1 heterocycles. The Morgan fingerprint density at radius 2 is 1.58 bits per heavy atom. The Labute approximate surface area is 181 Å². The monoisotopic (exact) mass is 548 g/mol. The fourth-order valence-electron chi connectivity index (χ4n) is 3.37. The summed E-state index contributed by atoms with van der Waals surface area (Å²) < 4.78 is 0. The predicted octanol–water partition coefficient (Wildman–Crippen LogP) is 0.205. The van der Waals surface area contributed by atoms with Gasteiger partial charge in [-0.25, -0.2) is 16.8 Å². The second-order valence-corrected chi connectivity index (χ2v) is 12.4. The van der Waals surface area contributed by atoms with E-state index in [1.54, 1.807) is 5.20 Å². The summed E-state index contributed by atoms with van der Waals surface area (Å²) >= 11 is 0. The molecular weight excluding hydrogens is 518 g/mol. The molecule has 1 aliphatic heterocycles. The summed E-state index contributed by atoms with van der Waals surface area (Å²) in [6, 6.07) is 3.03. The minimum absolute atomic E-state index is 0. The molecule has 0 nitrogen and oxygen atoms in total. The van der Waals surface area contributed by atoms with E-state index in [0.717, 1.165) is 0 Å². The molecule has 0 amide bonds. The van der Waals surface area contributed by atoms with E-state index in [0.29, 0.717) is 0 Å². The van der Waals surface area contributed by atoms with Gasteiger partial charge in [-0.2, -0.15) is 16.7 Å². The zero-order valence-corrected chi connectivity index (χ0v) is 22.3. The Hall–Kier alpha value is 0.627. The van der Waals surface area contributed by atoms with Crippen LogP contribution >= 0.6 is 0 Å². The van der Waals surface area contributed by atoms with E-state index in [1.807, 2.05) is 0 Å². The van der Waals surface area contributed by atoms with Crippen LogP contribution in [0.15, 0.2) is 33.6 Å². The average molecular weight is 548 g/mol. The molecule has 0 aromatic heterocycles. The molecule has 0 spiro atoms. The van der Waals surface area contributed by atoms with Crippen molar-refractivity contribution in [3.05, 3.63) is 45.7 Å². The maximum atomic E-state index is 3.54. The summed E-state index contributed by atoms with van der Waals surface area (Å²) in [5.41, 5.74) is 5.84. The Balaban J connectivity index is 0. The maximum absolute atomic E-state index is 3.54. The minimum Gasteiger partial charge on any atom is -1.00 e. The molecule has 3 rings (SSSR count). The SMILES string of the molecule is CC1=[C-]C(C)(C)C(C)=C1C.CC1=[C-]C([Si]2(C)CCC2)=CC1.[Cl-].[Cl-].[Hf+4]. The normalized spacial score (nSPS) is 22.4. The van der Waals surface area contributed by atoms with E-state index in [9.17, 15) is 0 Å². The molecule has 2 aliphatic carbocycles. The van der Waals surface area contributed by atoms with E-state index in [1.165, 1.54) is 47.2 Å². The van der Waals surface area contributed by atoms with Crippen molar-refractivity contribution < 1.29 is 50.7 Å². The summed E-state index contributed by atoms with van der Waals surface area (Å²) in [6.45, 7) is 15.6. The van der Waals surface area contributed by atoms with Crippen LogP contribution in [0.5, 0.6) is 0 Å². The molecule has 0 N–H and O–H groups in total. The average Bonchev–Trinajstić information content (AvgIpc) is 2.87. The van der Waals surface area contributed by atoms with Gasteiger partial charge in [-0.05, 0) is 0 Å². The summed E-state index contributed by atoms with van der Waals surface area (Å²) in [5.74, 6) is 0. The van der Waals surface area contributed by atoms with Crippen molar-refractivity contribution in [2.24, 2.45) is 5.41 Å². The first-order chi connectivity index (χ1) is 9.66. The minimum atomic E-state index is -0.876. The Bertz CT molecular complexity index is 564. The van der Waals surface area contributed by atoms with Crippen molar-refractivity contribution in [2.75, 3.05) is 0 Å². The van der Waals surface area contributed by atoms with Gasteiger partial charge in [0.2, 0.25) is 0 Å². The zero-order chi connectivity index (χ0) is 15.8. The Morgan fingerprint density at radius 3 is 1.79 bits per heavy atom. The van der Waals surface area contributed by atoms with Gasteiger partial charge in [0, 0.05) is 8.07 Å². The molecule has 24 heavy (non-hydrogen) atoms.